The van der Waals surface area contributed by atoms with E-state index in [1.54, 1.807) is 13.2 Å². The van der Waals surface area contributed by atoms with Gasteiger partial charge in [0.1, 0.15) is 4.21 Å². The molecule has 0 saturated heterocycles. The third-order valence-electron chi connectivity index (χ3n) is 2.72. The predicted octanol–water partition coefficient (Wildman–Crippen LogP) is 2.58. The maximum absolute atomic E-state index is 11.6. The van der Waals surface area contributed by atoms with E-state index < -0.39 is 15.0 Å². The van der Waals surface area contributed by atoms with Crippen LogP contribution in [0.2, 0.25) is 0 Å². The third-order valence-corrected chi connectivity index (χ3v) is 5.89. The first-order valence-corrected chi connectivity index (χ1v) is 9.01. The fourth-order valence-electron chi connectivity index (χ4n) is 1.29. The van der Waals surface area contributed by atoms with Gasteiger partial charge in [0.2, 0.25) is 0 Å². The minimum Gasteiger partial charge on any atom is -0.465 e. The number of thiophene rings is 1. The van der Waals surface area contributed by atoms with Crippen molar-refractivity contribution in [1.82, 2.24) is 0 Å². The Labute approximate surface area is 127 Å². The van der Waals surface area contributed by atoms with Crippen LogP contribution in [-0.2, 0) is 29.7 Å². The molecule has 0 unspecified atom stereocenters. The first-order chi connectivity index (χ1) is 9.14. The summed E-state index contributed by atoms with van der Waals surface area (Å²) in [4.78, 5) is 12.2. The second-order valence-electron chi connectivity index (χ2n) is 4.77. The van der Waals surface area contributed by atoms with E-state index in [0.29, 0.717) is 11.3 Å². The van der Waals surface area contributed by atoms with Gasteiger partial charge in [-0.3, -0.25) is 4.79 Å². The van der Waals surface area contributed by atoms with E-state index in [9.17, 15) is 13.2 Å². The fourth-order valence-corrected chi connectivity index (χ4v) is 3.40. The van der Waals surface area contributed by atoms with Crippen molar-refractivity contribution < 1.29 is 22.7 Å². The van der Waals surface area contributed by atoms with Gasteiger partial charge < -0.3 is 9.47 Å². The molecule has 114 valence electrons. The molecule has 8 heteroatoms. The molecule has 1 heterocycles. The minimum absolute atomic E-state index is 0.0301. The van der Waals surface area contributed by atoms with E-state index in [1.807, 2.05) is 13.8 Å². The summed E-state index contributed by atoms with van der Waals surface area (Å²) in [6.07, 6.45) is 0.617. The molecular formula is C12H17ClO5S2. The molecule has 0 aromatic carbocycles. The van der Waals surface area contributed by atoms with Crippen LogP contribution < -0.4 is 0 Å². The monoisotopic (exact) mass is 340 g/mol. The Morgan fingerprint density at radius 1 is 1.40 bits per heavy atom. The van der Waals surface area contributed by atoms with Gasteiger partial charge in [-0.25, -0.2) is 8.42 Å². The van der Waals surface area contributed by atoms with E-state index in [4.69, 9.17) is 20.2 Å². The first kappa shape index (κ1) is 17.4. The third kappa shape index (κ3) is 5.78. The molecule has 20 heavy (non-hydrogen) atoms. The number of carbonyl (C=O) groups excluding carboxylic acids is 1. The Bertz CT molecular complexity index is 562. The zero-order valence-corrected chi connectivity index (χ0v) is 13.9. The lowest BCUT2D eigenvalue weighted by molar-refractivity contribution is -0.144. The Hall–Kier alpha value is -0.630. The standard InChI is InChI=1S/C12H17ClO5S2/c1-12(2,17-3)6-7-18-10(14)8-9-4-5-11(19-9)20(13,15)16/h4-5H,6-8H2,1-3H3. The van der Waals surface area contributed by atoms with Crippen LogP contribution >= 0.6 is 22.0 Å². The maximum atomic E-state index is 11.6. The zero-order valence-electron chi connectivity index (χ0n) is 11.5. The Morgan fingerprint density at radius 2 is 2.05 bits per heavy atom. The van der Waals surface area contributed by atoms with Crippen molar-refractivity contribution in [3.63, 3.8) is 0 Å². The summed E-state index contributed by atoms with van der Waals surface area (Å²) in [6.45, 7) is 4.06. The highest BCUT2D eigenvalue weighted by Crippen LogP contribution is 2.25. The largest absolute Gasteiger partial charge is 0.465 e. The number of ether oxygens (including phenoxy) is 2. The van der Waals surface area contributed by atoms with Crippen LogP contribution in [0.1, 0.15) is 25.1 Å². The smallest absolute Gasteiger partial charge is 0.311 e. The highest BCUT2D eigenvalue weighted by molar-refractivity contribution is 8.15. The molecule has 0 aliphatic heterocycles. The van der Waals surface area contributed by atoms with Gasteiger partial charge in [0, 0.05) is 29.1 Å². The number of halogens is 1. The topological polar surface area (TPSA) is 69.7 Å². The van der Waals surface area contributed by atoms with Gasteiger partial charge in [-0.1, -0.05) is 0 Å². The molecule has 0 N–H and O–H groups in total. The summed E-state index contributed by atoms with van der Waals surface area (Å²) in [5.74, 6) is -0.405. The van der Waals surface area contributed by atoms with E-state index in [2.05, 4.69) is 0 Å². The van der Waals surface area contributed by atoms with Crippen LogP contribution in [0.5, 0.6) is 0 Å². The minimum atomic E-state index is -3.74. The molecule has 0 aliphatic carbocycles. The molecule has 0 amide bonds. The molecule has 0 atom stereocenters. The summed E-state index contributed by atoms with van der Waals surface area (Å²) in [7, 11) is 3.07. The van der Waals surface area contributed by atoms with Crippen molar-refractivity contribution in [2.24, 2.45) is 0 Å². The highest BCUT2D eigenvalue weighted by atomic mass is 35.7. The number of rotatable bonds is 7. The molecule has 0 aliphatic rings. The van der Waals surface area contributed by atoms with Crippen molar-refractivity contribution in [3.8, 4) is 0 Å². The molecule has 0 radical (unpaired) electrons. The lowest BCUT2D eigenvalue weighted by Gasteiger charge is -2.22. The molecular weight excluding hydrogens is 324 g/mol. The molecule has 0 bridgehead atoms. The van der Waals surface area contributed by atoms with Crippen molar-refractivity contribution in [2.45, 2.75) is 36.5 Å². The Kier molecular flexibility index (Phi) is 6.00. The second-order valence-corrected chi connectivity index (χ2v) is 8.73. The summed E-state index contributed by atoms with van der Waals surface area (Å²) in [5, 5.41) is 0. The number of esters is 1. The summed E-state index contributed by atoms with van der Waals surface area (Å²) in [6, 6.07) is 2.93. The van der Waals surface area contributed by atoms with Crippen LogP contribution in [0.25, 0.3) is 0 Å². The zero-order chi connectivity index (χ0) is 15.4. The Morgan fingerprint density at radius 3 is 2.55 bits per heavy atom. The molecule has 1 aromatic heterocycles. The van der Waals surface area contributed by atoms with Gasteiger partial charge in [0.25, 0.3) is 9.05 Å². The Balaban J connectivity index is 2.45. The van der Waals surface area contributed by atoms with Crippen LogP contribution in [0.15, 0.2) is 16.3 Å². The van der Waals surface area contributed by atoms with Crippen LogP contribution in [0.3, 0.4) is 0 Å². The summed E-state index contributed by atoms with van der Waals surface area (Å²) < 4.78 is 32.5. The van der Waals surface area contributed by atoms with Crippen LogP contribution in [0.4, 0.5) is 0 Å². The van der Waals surface area contributed by atoms with Gasteiger partial charge in [-0.2, -0.15) is 0 Å². The van der Waals surface area contributed by atoms with E-state index >= 15 is 0 Å². The molecule has 1 aromatic rings. The predicted molar refractivity (Wildman–Crippen MR) is 77.7 cm³/mol. The normalized spacial score (nSPS) is 12.4. The van der Waals surface area contributed by atoms with Gasteiger partial charge in [0.15, 0.2) is 0 Å². The molecule has 0 fully saturated rings. The van der Waals surface area contributed by atoms with Crippen molar-refractivity contribution in [2.75, 3.05) is 13.7 Å². The average Bonchev–Trinajstić information content (AvgIpc) is 2.77. The number of hydrogen-bond acceptors (Lipinski definition) is 6. The second kappa shape index (κ2) is 6.89. The van der Waals surface area contributed by atoms with E-state index in [1.165, 1.54) is 6.07 Å². The lowest BCUT2D eigenvalue weighted by Crippen LogP contribution is -2.25. The molecule has 5 nitrogen and oxygen atoms in total. The van der Waals surface area contributed by atoms with Gasteiger partial charge in [-0.15, -0.1) is 11.3 Å². The SMILES string of the molecule is COC(C)(C)CCOC(=O)Cc1ccc(S(=O)(=O)Cl)s1. The van der Waals surface area contributed by atoms with E-state index in [0.717, 1.165) is 11.3 Å². The van der Waals surface area contributed by atoms with Crippen LogP contribution in [-0.4, -0.2) is 33.7 Å². The maximum Gasteiger partial charge on any atom is 0.311 e. The molecule has 0 saturated carbocycles. The molecule has 0 spiro atoms. The van der Waals surface area contributed by atoms with E-state index in [-0.39, 0.29) is 22.8 Å². The van der Waals surface area contributed by atoms with Gasteiger partial charge in [0.05, 0.1) is 18.6 Å². The number of hydrogen-bond donors (Lipinski definition) is 0. The quantitative estimate of drug-likeness (QED) is 0.563. The van der Waals surface area contributed by atoms with Gasteiger partial charge in [-0.05, 0) is 26.0 Å². The summed E-state index contributed by atoms with van der Waals surface area (Å²) in [5.41, 5.74) is -0.344. The van der Waals surface area contributed by atoms with Crippen molar-refractivity contribution in [3.05, 3.63) is 17.0 Å². The summed E-state index contributed by atoms with van der Waals surface area (Å²) >= 11 is 0.966. The van der Waals surface area contributed by atoms with Crippen LogP contribution in [0, 0.1) is 0 Å². The van der Waals surface area contributed by atoms with Gasteiger partial charge >= 0.3 is 5.97 Å². The van der Waals surface area contributed by atoms with Crippen molar-refractivity contribution >= 4 is 37.0 Å². The average molecular weight is 341 g/mol. The highest BCUT2D eigenvalue weighted by Gasteiger charge is 2.18. The first-order valence-electron chi connectivity index (χ1n) is 5.88. The molecule has 1 rings (SSSR count). The number of carbonyl (C=O) groups is 1. The van der Waals surface area contributed by atoms with Crippen molar-refractivity contribution in [1.29, 1.82) is 0 Å². The lowest BCUT2D eigenvalue weighted by atomic mass is 10.1. The number of methoxy groups -OCH3 is 1. The fraction of sp³-hybridized carbons (Fsp3) is 0.583.